The Balaban J connectivity index is 3.33. The normalized spacial score (nSPS) is 12.6. The smallest absolute Gasteiger partial charge is 0.220 e. The first-order chi connectivity index (χ1) is 31.7. The fraction of sp³-hybridized carbons (Fsp3) is 0.983. The summed E-state index contributed by atoms with van der Waals surface area (Å²) in [6.07, 6.45) is 72.7. The molecule has 2 unspecified atom stereocenters. The summed E-state index contributed by atoms with van der Waals surface area (Å²) in [4.78, 5) is 12.5. The van der Waals surface area contributed by atoms with Crippen LogP contribution in [0, 0.1) is 0 Å². The van der Waals surface area contributed by atoms with Crippen LogP contribution in [0.2, 0.25) is 0 Å². The summed E-state index contributed by atoms with van der Waals surface area (Å²) < 4.78 is 0. The Morgan fingerprint density at radius 2 is 0.500 bits per heavy atom. The van der Waals surface area contributed by atoms with Crippen molar-refractivity contribution < 1.29 is 15.0 Å². The zero-order valence-electron chi connectivity index (χ0n) is 44.3. The molecular formula is C60H121NO3. The van der Waals surface area contributed by atoms with Crippen LogP contribution in [0.5, 0.6) is 0 Å². The van der Waals surface area contributed by atoms with E-state index >= 15 is 0 Å². The average molecular weight is 905 g/mol. The van der Waals surface area contributed by atoms with Crippen LogP contribution < -0.4 is 5.32 Å². The van der Waals surface area contributed by atoms with E-state index in [0.717, 1.165) is 25.7 Å². The van der Waals surface area contributed by atoms with Gasteiger partial charge in [-0.25, -0.2) is 0 Å². The van der Waals surface area contributed by atoms with Crippen molar-refractivity contribution in [1.82, 2.24) is 5.32 Å². The van der Waals surface area contributed by atoms with Crippen molar-refractivity contribution in [1.29, 1.82) is 0 Å². The number of unbranched alkanes of at least 4 members (excludes halogenated alkanes) is 50. The van der Waals surface area contributed by atoms with Gasteiger partial charge in [-0.15, -0.1) is 0 Å². The molecule has 4 nitrogen and oxygen atoms in total. The molecule has 0 aromatic heterocycles. The van der Waals surface area contributed by atoms with Crippen molar-refractivity contribution in [2.45, 2.75) is 373 Å². The summed E-state index contributed by atoms with van der Waals surface area (Å²) in [5.74, 6) is -0.0220. The van der Waals surface area contributed by atoms with E-state index in [1.54, 1.807) is 0 Å². The van der Waals surface area contributed by atoms with Crippen LogP contribution in [0.1, 0.15) is 361 Å². The van der Waals surface area contributed by atoms with Crippen LogP contribution in [-0.2, 0) is 4.79 Å². The minimum Gasteiger partial charge on any atom is -0.394 e. The molecule has 0 bridgehead atoms. The highest BCUT2D eigenvalue weighted by Crippen LogP contribution is 2.19. The van der Waals surface area contributed by atoms with E-state index in [1.165, 1.54) is 308 Å². The number of amides is 1. The van der Waals surface area contributed by atoms with Gasteiger partial charge in [0, 0.05) is 6.42 Å². The van der Waals surface area contributed by atoms with Crippen molar-refractivity contribution >= 4 is 5.91 Å². The van der Waals surface area contributed by atoms with Crippen LogP contribution in [0.25, 0.3) is 0 Å². The Morgan fingerprint density at radius 1 is 0.312 bits per heavy atom. The highest BCUT2D eigenvalue weighted by Gasteiger charge is 2.20. The Kier molecular flexibility index (Phi) is 56.2. The number of hydrogen-bond donors (Lipinski definition) is 3. The van der Waals surface area contributed by atoms with Crippen LogP contribution in [0.3, 0.4) is 0 Å². The molecule has 0 rings (SSSR count). The maximum atomic E-state index is 12.5. The predicted molar refractivity (Wildman–Crippen MR) is 286 cm³/mol. The molecule has 2 atom stereocenters. The number of carbonyl (C=O) groups excluding carboxylic acids is 1. The molecule has 3 N–H and O–H groups in total. The maximum absolute atomic E-state index is 12.5. The van der Waals surface area contributed by atoms with Gasteiger partial charge in [-0.3, -0.25) is 4.79 Å². The third-order valence-corrected chi connectivity index (χ3v) is 14.6. The first kappa shape index (κ1) is 63.4. The lowest BCUT2D eigenvalue weighted by Crippen LogP contribution is -2.45. The van der Waals surface area contributed by atoms with E-state index in [1.807, 2.05) is 0 Å². The van der Waals surface area contributed by atoms with Gasteiger partial charge in [0.2, 0.25) is 5.91 Å². The van der Waals surface area contributed by atoms with Gasteiger partial charge < -0.3 is 15.5 Å². The maximum Gasteiger partial charge on any atom is 0.220 e. The summed E-state index contributed by atoms with van der Waals surface area (Å²) in [6.45, 7) is 4.40. The molecule has 1 amide bonds. The first-order valence-corrected chi connectivity index (χ1v) is 30.2. The number of carbonyl (C=O) groups is 1. The van der Waals surface area contributed by atoms with Crippen LogP contribution in [0.4, 0.5) is 0 Å². The molecule has 64 heavy (non-hydrogen) atoms. The molecule has 0 aromatic rings. The molecule has 0 aromatic carbocycles. The van der Waals surface area contributed by atoms with Crippen molar-refractivity contribution in [3.8, 4) is 0 Å². The molecule has 0 aliphatic carbocycles. The monoisotopic (exact) mass is 904 g/mol. The second-order valence-corrected chi connectivity index (χ2v) is 21.1. The van der Waals surface area contributed by atoms with E-state index in [4.69, 9.17) is 0 Å². The number of hydrogen-bond acceptors (Lipinski definition) is 3. The lowest BCUT2D eigenvalue weighted by Gasteiger charge is -2.22. The van der Waals surface area contributed by atoms with Gasteiger partial charge in [0.15, 0.2) is 0 Å². The Bertz CT molecular complexity index is 849. The Labute approximate surface area is 404 Å². The summed E-state index contributed by atoms with van der Waals surface area (Å²) >= 11 is 0. The van der Waals surface area contributed by atoms with Gasteiger partial charge in [0.05, 0.1) is 18.8 Å². The van der Waals surface area contributed by atoms with Gasteiger partial charge in [-0.2, -0.15) is 0 Å². The average Bonchev–Trinajstić information content (AvgIpc) is 3.30. The minimum absolute atomic E-state index is 0.0220. The first-order valence-electron chi connectivity index (χ1n) is 30.2. The van der Waals surface area contributed by atoms with E-state index in [-0.39, 0.29) is 12.5 Å². The molecule has 0 spiro atoms. The molecule has 0 aliphatic rings. The van der Waals surface area contributed by atoms with Crippen molar-refractivity contribution in [2.75, 3.05) is 6.61 Å². The summed E-state index contributed by atoms with van der Waals surface area (Å²) in [5, 5.41) is 23.3. The van der Waals surface area contributed by atoms with Gasteiger partial charge in [-0.1, -0.05) is 341 Å². The molecule has 0 saturated heterocycles. The lowest BCUT2D eigenvalue weighted by atomic mass is 10.0. The zero-order chi connectivity index (χ0) is 46.3. The number of aliphatic hydroxyl groups excluding tert-OH is 2. The third kappa shape index (κ3) is 52.4. The van der Waals surface area contributed by atoms with Crippen LogP contribution in [-0.4, -0.2) is 34.9 Å². The number of aliphatic hydroxyl groups is 2. The van der Waals surface area contributed by atoms with Gasteiger partial charge in [-0.05, 0) is 12.8 Å². The van der Waals surface area contributed by atoms with Crippen molar-refractivity contribution in [2.24, 2.45) is 0 Å². The summed E-state index contributed by atoms with van der Waals surface area (Å²) in [5.41, 5.74) is 0. The highest BCUT2D eigenvalue weighted by atomic mass is 16.3. The zero-order valence-corrected chi connectivity index (χ0v) is 44.3. The third-order valence-electron chi connectivity index (χ3n) is 14.6. The molecular weight excluding hydrogens is 783 g/mol. The fourth-order valence-corrected chi connectivity index (χ4v) is 10.0. The molecule has 0 radical (unpaired) electrons. The van der Waals surface area contributed by atoms with Crippen LogP contribution in [0.15, 0.2) is 0 Å². The van der Waals surface area contributed by atoms with E-state index < -0.39 is 12.1 Å². The van der Waals surface area contributed by atoms with Crippen LogP contribution >= 0.6 is 0 Å². The SMILES string of the molecule is CCCCCCCCCCCCCCCCCCCCCCCCCCCCCCCCCCCCCCC(=O)NC(CO)C(O)CCCCCCCCCCCCCCCCCC. The lowest BCUT2D eigenvalue weighted by molar-refractivity contribution is -0.123. The highest BCUT2D eigenvalue weighted by molar-refractivity contribution is 5.76. The quantitative estimate of drug-likeness (QED) is 0.0533. The summed E-state index contributed by atoms with van der Waals surface area (Å²) in [6, 6.07) is -0.531. The van der Waals surface area contributed by atoms with E-state index in [2.05, 4.69) is 19.2 Å². The van der Waals surface area contributed by atoms with Gasteiger partial charge in [0.1, 0.15) is 0 Å². The van der Waals surface area contributed by atoms with Gasteiger partial charge >= 0.3 is 0 Å². The van der Waals surface area contributed by atoms with Crippen molar-refractivity contribution in [3.05, 3.63) is 0 Å². The second kappa shape index (κ2) is 56.7. The fourth-order valence-electron chi connectivity index (χ4n) is 10.0. The molecule has 0 saturated carbocycles. The van der Waals surface area contributed by atoms with E-state index in [0.29, 0.717) is 12.8 Å². The summed E-state index contributed by atoms with van der Waals surface area (Å²) in [7, 11) is 0. The molecule has 4 heteroatoms. The molecule has 384 valence electrons. The molecule has 0 fully saturated rings. The molecule has 0 heterocycles. The number of rotatable bonds is 57. The Morgan fingerprint density at radius 3 is 0.703 bits per heavy atom. The van der Waals surface area contributed by atoms with Gasteiger partial charge in [0.25, 0.3) is 0 Å². The van der Waals surface area contributed by atoms with E-state index in [9.17, 15) is 15.0 Å². The largest absolute Gasteiger partial charge is 0.394 e. The standard InChI is InChI=1S/C60H121NO3/c1-3-5-7-9-11-13-15-17-19-21-22-23-24-25-26-27-28-29-30-31-32-33-34-35-36-37-38-39-40-42-44-46-48-50-52-54-56-60(64)61-58(57-62)59(63)55-53-51-49-47-45-43-41-20-18-16-14-12-10-8-6-4-2/h58-59,62-63H,3-57H2,1-2H3,(H,61,64). The Hall–Kier alpha value is -0.610. The molecule has 0 aliphatic heterocycles. The van der Waals surface area contributed by atoms with Crippen molar-refractivity contribution in [3.63, 3.8) is 0 Å². The number of nitrogens with one attached hydrogen (secondary N) is 1. The second-order valence-electron chi connectivity index (χ2n) is 21.1. The topological polar surface area (TPSA) is 69.6 Å². The predicted octanol–water partition coefficient (Wildman–Crippen LogP) is 19.9. The minimum atomic E-state index is -0.654.